The summed E-state index contributed by atoms with van der Waals surface area (Å²) in [5.41, 5.74) is 4.76. The lowest BCUT2D eigenvalue weighted by Gasteiger charge is -2.38. The summed E-state index contributed by atoms with van der Waals surface area (Å²) in [6, 6.07) is 20.5. The fourth-order valence-corrected chi connectivity index (χ4v) is 5.75. The van der Waals surface area contributed by atoms with Crippen LogP contribution in [0.15, 0.2) is 78.0 Å². The predicted octanol–water partition coefficient (Wildman–Crippen LogP) is 5.65. The molecule has 5 rings (SSSR count). The summed E-state index contributed by atoms with van der Waals surface area (Å²) < 4.78 is 16.5. The first-order valence-corrected chi connectivity index (χ1v) is 13.7. The summed E-state index contributed by atoms with van der Waals surface area (Å²) >= 11 is 0. The maximum atomic E-state index is 13.9. The van der Waals surface area contributed by atoms with E-state index in [4.69, 9.17) is 14.2 Å². The molecular formula is C33H37N3O5. The van der Waals surface area contributed by atoms with Gasteiger partial charge in [0.05, 0.1) is 45.3 Å². The predicted molar refractivity (Wildman–Crippen MR) is 160 cm³/mol. The van der Waals surface area contributed by atoms with Crippen LogP contribution in [0.1, 0.15) is 43.9 Å². The molecular weight excluding hydrogens is 518 g/mol. The molecule has 3 aromatic carbocycles. The first-order chi connectivity index (χ1) is 19.7. The third-order valence-electron chi connectivity index (χ3n) is 7.70. The zero-order valence-electron chi connectivity index (χ0n) is 24.2. The number of para-hydroxylation sites is 2. The van der Waals surface area contributed by atoms with Gasteiger partial charge in [0.2, 0.25) is 5.91 Å². The van der Waals surface area contributed by atoms with Gasteiger partial charge in [-0.05, 0) is 53.8 Å². The van der Waals surface area contributed by atoms with Crippen molar-refractivity contribution in [1.29, 1.82) is 0 Å². The lowest BCUT2D eigenvalue weighted by atomic mass is 9.73. The molecule has 2 aliphatic rings. The van der Waals surface area contributed by atoms with Crippen molar-refractivity contribution in [1.82, 2.24) is 5.32 Å². The first kappa shape index (κ1) is 28.1. The topological polar surface area (TPSA) is 89.1 Å². The molecule has 0 radical (unpaired) electrons. The molecule has 1 amide bonds. The van der Waals surface area contributed by atoms with Crippen LogP contribution in [0.4, 0.5) is 11.4 Å². The monoisotopic (exact) mass is 555 g/mol. The van der Waals surface area contributed by atoms with Crippen LogP contribution < -0.4 is 29.7 Å². The molecule has 1 aliphatic carbocycles. The van der Waals surface area contributed by atoms with E-state index in [0.29, 0.717) is 36.5 Å². The van der Waals surface area contributed by atoms with Crippen molar-refractivity contribution in [2.24, 2.45) is 5.41 Å². The van der Waals surface area contributed by atoms with Gasteiger partial charge in [0.25, 0.3) is 0 Å². The summed E-state index contributed by atoms with van der Waals surface area (Å²) in [5, 5.41) is 6.64. The van der Waals surface area contributed by atoms with Crippen LogP contribution in [-0.4, -0.2) is 39.6 Å². The van der Waals surface area contributed by atoms with Gasteiger partial charge in [0.15, 0.2) is 5.78 Å². The number of anilines is 2. The molecule has 1 aliphatic heterocycles. The fraction of sp³-hybridized carbons (Fsp3) is 0.333. The zero-order valence-corrected chi connectivity index (χ0v) is 24.2. The van der Waals surface area contributed by atoms with Crippen LogP contribution >= 0.6 is 0 Å². The molecule has 2 N–H and O–H groups in total. The highest BCUT2D eigenvalue weighted by Crippen LogP contribution is 2.49. The number of ketones is 1. The molecule has 8 nitrogen and oxygen atoms in total. The minimum absolute atomic E-state index is 0.0299. The number of hydrogen-bond donors (Lipinski definition) is 2. The fourth-order valence-electron chi connectivity index (χ4n) is 5.75. The van der Waals surface area contributed by atoms with Gasteiger partial charge in [-0.1, -0.05) is 38.1 Å². The van der Waals surface area contributed by atoms with Gasteiger partial charge in [-0.2, -0.15) is 0 Å². The molecule has 0 spiro atoms. The van der Waals surface area contributed by atoms with Crippen molar-refractivity contribution in [2.75, 3.05) is 38.1 Å². The van der Waals surface area contributed by atoms with Gasteiger partial charge >= 0.3 is 0 Å². The van der Waals surface area contributed by atoms with Crippen LogP contribution in [0.2, 0.25) is 0 Å². The number of methoxy groups -OCH3 is 3. The second-order valence-electron chi connectivity index (χ2n) is 11.2. The summed E-state index contributed by atoms with van der Waals surface area (Å²) in [6.07, 6.45) is 1.12. The van der Waals surface area contributed by atoms with Crippen LogP contribution in [0.3, 0.4) is 0 Å². The van der Waals surface area contributed by atoms with Crippen molar-refractivity contribution in [2.45, 2.75) is 39.3 Å². The Morgan fingerprint density at radius 3 is 2.37 bits per heavy atom. The summed E-state index contributed by atoms with van der Waals surface area (Å²) in [6.45, 7) is 4.62. The largest absolute Gasteiger partial charge is 0.497 e. The van der Waals surface area contributed by atoms with Gasteiger partial charge in [0, 0.05) is 35.9 Å². The van der Waals surface area contributed by atoms with E-state index >= 15 is 0 Å². The Kier molecular flexibility index (Phi) is 7.92. The molecule has 1 heterocycles. The summed E-state index contributed by atoms with van der Waals surface area (Å²) in [5.74, 6) is 1.88. The standard InChI is InChI=1S/C33H37N3O5/c1-33(2)17-26-31(28(37)18-33)32(24-15-14-23(40-4)16-29(24)41-5)36(27-9-7-6-8-25(27)35-26)20-30(38)34-19-21-10-12-22(39-3)13-11-21/h6-16,32,35H,17-20H2,1-5H3,(H,34,38). The highest BCUT2D eigenvalue weighted by molar-refractivity contribution is 6.02. The van der Waals surface area contributed by atoms with Crippen molar-refractivity contribution in [3.05, 3.63) is 89.1 Å². The number of carbonyl (C=O) groups is 2. The normalized spacial score (nSPS) is 17.5. The van der Waals surface area contributed by atoms with Crippen molar-refractivity contribution >= 4 is 23.1 Å². The number of nitrogens with one attached hydrogen (secondary N) is 2. The Bertz CT molecular complexity index is 1480. The molecule has 1 atom stereocenters. The van der Waals surface area contributed by atoms with Gasteiger partial charge in [-0.15, -0.1) is 0 Å². The maximum Gasteiger partial charge on any atom is 0.239 e. The number of nitrogens with zero attached hydrogens (tertiary/aromatic N) is 1. The molecule has 0 bridgehead atoms. The SMILES string of the molecule is COc1ccc(CNC(=O)CN2c3ccccc3NC3=C(C(=O)CC(C)(C)C3)C2c2ccc(OC)cc2OC)cc1. The molecule has 0 saturated heterocycles. The quantitative estimate of drug-likeness (QED) is 0.372. The number of ether oxygens (including phenoxy) is 3. The molecule has 41 heavy (non-hydrogen) atoms. The van der Waals surface area contributed by atoms with Gasteiger partial charge in [-0.3, -0.25) is 9.59 Å². The lowest BCUT2D eigenvalue weighted by Crippen LogP contribution is -2.42. The average molecular weight is 556 g/mol. The Labute approximate surface area is 241 Å². The smallest absolute Gasteiger partial charge is 0.239 e. The van der Waals surface area contributed by atoms with Crippen LogP contribution in [0, 0.1) is 5.41 Å². The van der Waals surface area contributed by atoms with Crippen molar-refractivity contribution in [3.63, 3.8) is 0 Å². The third-order valence-corrected chi connectivity index (χ3v) is 7.70. The first-order valence-electron chi connectivity index (χ1n) is 13.7. The van der Waals surface area contributed by atoms with E-state index in [1.54, 1.807) is 21.3 Å². The molecule has 0 saturated carbocycles. The number of fused-ring (bicyclic) bond motifs is 1. The van der Waals surface area contributed by atoms with E-state index in [1.807, 2.05) is 71.6 Å². The molecule has 1 unspecified atom stereocenters. The Hall–Kier alpha value is -4.46. The maximum absolute atomic E-state index is 13.9. The number of allylic oxidation sites excluding steroid dienone is 1. The number of carbonyl (C=O) groups excluding carboxylic acids is 2. The van der Waals surface area contributed by atoms with E-state index in [0.717, 1.165) is 33.9 Å². The van der Waals surface area contributed by atoms with Crippen molar-refractivity contribution < 1.29 is 23.8 Å². The number of hydrogen-bond acceptors (Lipinski definition) is 7. The van der Waals surface area contributed by atoms with E-state index in [1.165, 1.54) is 0 Å². The van der Waals surface area contributed by atoms with E-state index < -0.39 is 6.04 Å². The molecule has 3 aromatic rings. The van der Waals surface area contributed by atoms with Crippen LogP contribution in [0.5, 0.6) is 17.2 Å². The third kappa shape index (κ3) is 5.87. The van der Waals surface area contributed by atoms with Gasteiger partial charge < -0.3 is 29.7 Å². The van der Waals surface area contributed by atoms with E-state index in [2.05, 4.69) is 24.5 Å². The van der Waals surface area contributed by atoms with E-state index in [-0.39, 0.29) is 23.7 Å². The van der Waals surface area contributed by atoms with Crippen LogP contribution in [-0.2, 0) is 16.1 Å². The number of Topliss-reactive ketones (excluding diaryl/α,β-unsaturated/α-hetero) is 1. The molecule has 0 aromatic heterocycles. The Balaban J connectivity index is 1.59. The summed E-state index contributed by atoms with van der Waals surface area (Å²) in [4.78, 5) is 29.5. The minimum Gasteiger partial charge on any atom is -0.497 e. The number of benzene rings is 3. The number of rotatable bonds is 8. The Morgan fingerprint density at radius 1 is 0.951 bits per heavy atom. The number of amides is 1. The second kappa shape index (κ2) is 11.6. The van der Waals surface area contributed by atoms with Crippen molar-refractivity contribution in [3.8, 4) is 17.2 Å². The van der Waals surface area contributed by atoms with Gasteiger partial charge in [-0.25, -0.2) is 0 Å². The molecule has 8 heteroatoms. The Morgan fingerprint density at radius 2 is 1.66 bits per heavy atom. The highest BCUT2D eigenvalue weighted by Gasteiger charge is 2.42. The van der Waals surface area contributed by atoms with Gasteiger partial charge in [0.1, 0.15) is 17.2 Å². The van der Waals surface area contributed by atoms with E-state index in [9.17, 15) is 9.59 Å². The zero-order chi connectivity index (χ0) is 29.1. The van der Waals surface area contributed by atoms with Crippen LogP contribution in [0.25, 0.3) is 0 Å². The second-order valence-corrected chi connectivity index (χ2v) is 11.2. The molecule has 214 valence electrons. The minimum atomic E-state index is -0.558. The highest BCUT2D eigenvalue weighted by atomic mass is 16.5. The average Bonchev–Trinajstić information content (AvgIpc) is 3.09. The lowest BCUT2D eigenvalue weighted by molar-refractivity contribution is -0.121. The summed E-state index contributed by atoms with van der Waals surface area (Å²) in [7, 11) is 4.83. The molecule has 0 fully saturated rings.